The van der Waals surface area contributed by atoms with Crippen molar-refractivity contribution in [3.63, 3.8) is 0 Å². The molecule has 0 fully saturated rings. The van der Waals surface area contributed by atoms with Crippen molar-refractivity contribution < 1.29 is 0 Å². The van der Waals surface area contributed by atoms with Gasteiger partial charge in [-0.25, -0.2) is 4.98 Å². The number of aromatic nitrogens is 3. The van der Waals surface area contributed by atoms with E-state index in [0.29, 0.717) is 0 Å². The average molecular weight is 790 g/mol. The summed E-state index contributed by atoms with van der Waals surface area (Å²) in [4.78, 5) is 5.31. The Kier molecular flexibility index (Phi) is 8.50. The van der Waals surface area contributed by atoms with Crippen LogP contribution in [0.25, 0.3) is 111 Å². The van der Waals surface area contributed by atoms with Crippen molar-refractivity contribution in [2.45, 2.75) is 0 Å². The Morgan fingerprint density at radius 1 is 0.226 bits per heavy atom. The summed E-state index contributed by atoms with van der Waals surface area (Å²) in [6, 6.07) is 85.1. The van der Waals surface area contributed by atoms with Crippen LogP contribution < -0.4 is 0 Å². The summed E-state index contributed by atoms with van der Waals surface area (Å²) in [5.41, 5.74) is 18.1. The molecule has 0 spiro atoms. The zero-order valence-corrected chi connectivity index (χ0v) is 33.9. The van der Waals surface area contributed by atoms with Gasteiger partial charge in [-0.2, -0.15) is 0 Å². The van der Waals surface area contributed by atoms with Crippen LogP contribution in [0, 0.1) is 0 Å². The van der Waals surface area contributed by atoms with Crippen molar-refractivity contribution in [3.8, 4) is 67.3 Å². The molecule has 3 heteroatoms. The van der Waals surface area contributed by atoms with Gasteiger partial charge in [0, 0.05) is 44.0 Å². The fraction of sp³-hybridized carbons (Fsp3) is 0. The number of para-hydroxylation sites is 4. The minimum atomic E-state index is 0.940. The molecule has 0 amide bonds. The predicted octanol–water partition coefficient (Wildman–Crippen LogP) is 15.6. The molecule has 3 heterocycles. The van der Waals surface area contributed by atoms with E-state index in [4.69, 9.17) is 4.98 Å². The number of benzene rings is 9. The summed E-state index contributed by atoms with van der Waals surface area (Å²) in [6.45, 7) is 0. The summed E-state index contributed by atoms with van der Waals surface area (Å²) < 4.78 is 4.75. The highest BCUT2D eigenvalue weighted by atomic mass is 15.0. The molecule has 0 atom stereocenters. The van der Waals surface area contributed by atoms with Crippen LogP contribution in [0.2, 0.25) is 0 Å². The molecule has 0 saturated carbocycles. The summed E-state index contributed by atoms with van der Waals surface area (Å²) in [7, 11) is 0. The van der Waals surface area contributed by atoms with E-state index >= 15 is 0 Å². The van der Waals surface area contributed by atoms with Crippen LogP contribution in [0.1, 0.15) is 0 Å². The molecule has 62 heavy (non-hydrogen) atoms. The lowest BCUT2D eigenvalue weighted by molar-refractivity contribution is 1.18. The first kappa shape index (κ1) is 35.7. The van der Waals surface area contributed by atoms with Crippen molar-refractivity contribution in [2.24, 2.45) is 0 Å². The van der Waals surface area contributed by atoms with Crippen LogP contribution >= 0.6 is 0 Å². The van der Waals surface area contributed by atoms with E-state index in [1.54, 1.807) is 0 Å². The highest BCUT2D eigenvalue weighted by Gasteiger charge is 2.15. The first-order chi connectivity index (χ1) is 30.7. The van der Waals surface area contributed by atoms with E-state index in [-0.39, 0.29) is 0 Å². The Hall–Kier alpha value is -8.27. The lowest BCUT2D eigenvalue weighted by Crippen LogP contribution is -1.94. The van der Waals surface area contributed by atoms with Crippen LogP contribution in [-0.2, 0) is 0 Å². The Morgan fingerprint density at radius 3 is 0.952 bits per heavy atom. The van der Waals surface area contributed by atoms with E-state index in [1.165, 1.54) is 54.7 Å². The highest BCUT2D eigenvalue weighted by molar-refractivity contribution is 6.10. The molecule has 0 aliphatic carbocycles. The number of hydrogen-bond donors (Lipinski definition) is 0. The van der Waals surface area contributed by atoms with E-state index in [9.17, 15) is 0 Å². The summed E-state index contributed by atoms with van der Waals surface area (Å²) in [5, 5.41) is 5.05. The number of fused-ring (bicyclic) bond motifs is 6. The molecule has 0 radical (unpaired) electrons. The minimum Gasteiger partial charge on any atom is -0.309 e. The van der Waals surface area contributed by atoms with E-state index in [1.807, 2.05) is 0 Å². The molecule has 0 unspecified atom stereocenters. The molecule has 0 N–H and O–H groups in total. The van der Waals surface area contributed by atoms with E-state index in [2.05, 4.69) is 246 Å². The number of pyridine rings is 1. The van der Waals surface area contributed by atoms with Gasteiger partial charge in [-0.3, -0.25) is 0 Å². The molecular weight excluding hydrogens is 751 g/mol. The predicted molar refractivity (Wildman–Crippen MR) is 260 cm³/mol. The third-order valence-electron chi connectivity index (χ3n) is 12.3. The fourth-order valence-electron chi connectivity index (χ4n) is 9.34. The van der Waals surface area contributed by atoms with Gasteiger partial charge in [-0.1, -0.05) is 176 Å². The first-order valence-electron chi connectivity index (χ1n) is 21.2. The van der Waals surface area contributed by atoms with Crippen molar-refractivity contribution in [1.82, 2.24) is 14.1 Å². The average Bonchev–Trinajstić information content (AvgIpc) is 3.87. The fourth-order valence-corrected chi connectivity index (χ4v) is 9.34. The van der Waals surface area contributed by atoms with Crippen molar-refractivity contribution in [3.05, 3.63) is 237 Å². The maximum Gasteiger partial charge on any atom is 0.0715 e. The van der Waals surface area contributed by atoms with Gasteiger partial charge in [0.1, 0.15) is 0 Å². The maximum atomic E-state index is 5.31. The third kappa shape index (κ3) is 6.10. The largest absolute Gasteiger partial charge is 0.309 e. The molecule has 3 nitrogen and oxygen atoms in total. The number of hydrogen-bond acceptors (Lipinski definition) is 1. The lowest BCUT2D eigenvalue weighted by atomic mass is 9.97. The van der Waals surface area contributed by atoms with Gasteiger partial charge in [-0.05, 0) is 94.0 Å². The van der Waals surface area contributed by atoms with Gasteiger partial charge in [0.15, 0.2) is 0 Å². The van der Waals surface area contributed by atoms with Crippen molar-refractivity contribution in [1.29, 1.82) is 0 Å². The number of rotatable bonds is 7. The van der Waals surface area contributed by atoms with Gasteiger partial charge in [0.05, 0.1) is 33.5 Å². The normalized spacial score (nSPS) is 11.5. The Morgan fingerprint density at radius 2 is 0.548 bits per heavy atom. The second-order valence-corrected chi connectivity index (χ2v) is 16.0. The van der Waals surface area contributed by atoms with Crippen LogP contribution in [0.5, 0.6) is 0 Å². The molecule has 0 aliphatic rings. The lowest BCUT2D eigenvalue weighted by Gasteiger charge is -2.13. The molecule has 12 rings (SSSR count). The SMILES string of the molecule is c1ccc(-c2cc(-c3ccc(-c4cccc(-n5c6ccccc6c6ccccc65)c4)cc3)nc(-c3ccc(-c4cccc(-n5c6ccccc6c6ccccc65)c4)cc3)c2)cc1. The molecule has 9 aromatic carbocycles. The topological polar surface area (TPSA) is 22.8 Å². The van der Waals surface area contributed by atoms with Crippen LogP contribution in [0.3, 0.4) is 0 Å². The monoisotopic (exact) mass is 789 g/mol. The maximum absolute atomic E-state index is 5.31. The second-order valence-electron chi connectivity index (χ2n) is 16.0. The van der Waals surface area contributed by atoms with Crippen molar-refractivity contribution in [2.75, 3.05) is 0 Å². The summed E-state index contributed by atoms with van der Waals surface area (Å²) in [6.07, 6.45) is 0. The van der Waals surface area contributed by atoms with E-state index < -0.39 is 0 Å². The Labute approximate surface area is 360 Å². The van der Waals surface area contributed by atoms with Gasteiger partial charge >= 0.3 is 0 Å². The summed E-state index contributed by atoms with van der Waals surface area (Å²) >= 11 is 0. The Balaban J connectivity index is 0.883. The van der Waals surface area contributed by atoms with E-state index in [0.717, 1.165) is 56.1 Å². The minimum absolute atomic E-state index is 0.940. The zero-order chi connectivity index (χ0) is 41.0. The first-order valence-corrected chi connectivity index (χ1v) is 21.2. The summed E-state index contributed by atoms with van der Waals surface area (Å²) in [5.74, 6) is 0. The smallest absolute Gasteiger partial charge is 0.0715 e. The molecule has 12 aromatic rings. The van der Waals surface area contributed by atoms with Crippen LogP contribution in [-0.4, -0.2) is 14.1 Å². The third-order valence-corrected chi connectivity index (χ3v) is 12.3. The molecule has 290 valence electrons. The zero-order valence-electron chi connectivity index (χ0n) is 33.9. The Bertz CT molecular complexity index is 3290. The second kappa shape index (κ2) is 14.8. The van der Waals surface area contributed by atoms with Gasteiger partial charge in [-0.15, -0.1) is 0 Å². The molecule has 0 aliphatic heterocycles. The van der Waals surface area contributed by atoms with Crippen LogP contribution in [0.4, 0.5) is 0 Å². The highest BCUT2D eigenvalue weighted by Crippen LogP contribution is 2.37. The molecule has 0 bridgehead atoms. The van der Waals surface area contributed by atoms with Gasteiger partial charge in [0.2, 0.25) is 0 Å². The van der Waals surface area contributed by atoms with Crippen molar-refractivity contribution >= 4 is 43.6 Å². The molecule has 3 aromatic heterocycles. The quantitative estimate of drug-likeness (QED) is 0.158. The van der Waals surface area contributed by atoms with Gasteiger partial charge in [0.25, 0.3) is 0 Å². The molecular formula is C59H39N3. The molecule has 0 saturated heterocycles. The van der Waals surface area contributed by atoms with Gasteiger partial charge < -0.3 is 9.13 Å². The number of nitrogens with zero attached hydrogens (tertiary/aromatic N) is 3. The standard InChI is InChI=1S/C59H39N3/c1-2-14-40(15-3-1)47-38-54(43-32-28-41(29-33-43)45-16-12-18-48(36-45)61-56-24-8-4-20-50(56)51-21-5-9-25-57(51)61)60-55(39-47)44-34-30-42(31-35-44)46-17-13-19-49(37-46)62-58-26-10-6-22-52(58)53-23-7-11-27-59(53)62/h1-39H. The van der Waals surface area contributed by atoms with Crippen LogP contribution in [0.15, 0.2) is 237 Å².